The zero-order chi connectivity index (χ0) is 28.2. The summed E-state index contributed by atoms with van der Waals surface area (Å²) in [7, 11) is 1.51. The van der Waals surface area contributed by atoms with Crippen LogP contribution in [0.25, 0.3) is 0 Å². The molecule has 1 unspecified atom stereocenters. The number of alkyl halides is 3. The van der Waals surface area contributed by atoms with Gasteiger partial charge in [0.2, 0.25) is 11.8 Å². The normalized spacial score (nSPS) is 23.9. The smallest absolute Gasteiger partial charge is 0.336 e. The van der Waals surface area contributed by atoms with Crippen molar-refractivity contribution in [2.24, 2.45) is 29.7 Å². The van der Waals surface area contributed by atoms with E-state index in [4.69, 9.17) is 0 Å². The van der Waals surface area contributed by atoms with Crippen LogP contribution in [0.4, 0.5) is 13.2 Å². The van der Waals surface area contributed by atoms with Crippen LogP contribution in [0.3, 0.4) is 0 Å². The van der Waals surface area contributed by atoms with E-state index < -0.39 is 53.0 Å². The fourth-order valence-corrected chi connectivity index (χ4v) is 5.07. The minimum absolute atomic E-state index is 0.0314. The quantitative estimate of drug-likeness (QED) is 0.597. The summed E-state index contributed by atoms with van der Waals surface area (Å²) in [4.78, 5) is 56.3. The van der Waals surface area contributed by atoms with E-state index in [-0.39, 0.29) is 29.5 Å². The first kappa shape index (κ1) is 28.1. The van der Waals surface area contributed by atoms with E-state index in [0.717, 1.165) is 6.07 Å². The molecule has 1 aromatic rings. The lowest BCUT2D eigenvalue weighted by Gasteiger charge is -2.37. The van der Waals surface area contributed by atoms with Crippen molar-refractivity contribution in [1.82, 2.24) is 25.1 Å². The number of halogens is 3. The van der Waals surface area contributed by atoms with Crippen LogP contribution in [0.1, 0.15) is 52.2 Å². The highest BCUT2D eigenvalue weighted by Crippen LogP contribution is 2.65. The highest BCUT2D eigenvalue weighted by atomic mass is 19.4. The number of aromatic nitrogens is 2. The van der Waals surface area contributed by atoms with Crippen LogP contribution in [0.5, 0.6) is 0 Å². The Labute approximate surface area is 212 Å². The molecule has 0 bridgehead atoms. The number of aryl methyl sites for hydroxylation is 1. The minimum Gasteiger partial charge on any atom is -0.336 e. The standard InChI is InChI=1S/C24H31F3N6O4/c1-11-29-13(8-15(34)32(11)7)14(9-28)30-19(35)17-16-12(23(16,5)6)10-33(17)20(36)18(22(2,3)4)31-21(37)24(25,26)27/h8,12,14,16-18H,10H2,1-7H3,(H,30,35)(H,31,37)/t12-,14?,16-,17-,18+/m0/s1. The minimum atomic E-state index is -5.19. The maximum atomic E-state index is 13.5. The summed E-state index contributed by atoms with van der Waals surface area (Å²) in [5, 5.41) is 14.0. The van der Waals surface area contributed by atoms with E-state index >= 15 is 0 Å². The highest BCUT2D eigenvalue weighted by Gasteiger charge is 2.70. The Bertz CT molecular complexity index is 1230. The fourth-order valence-electron chi connectivity index (χ4n) is 5.07. The number of nitrogens with zero attached hydrogens (tertiary/aromatic N) is 4. The summed E-state index contributed by atoms with van der Waals surface area (Å²) in [5.74, 6) is -3.81. The van der Waals surface area contributed by atoms with Crippen molar-refractivity contribution in [2.45, 2.75) is 65.8 Å². The van der Waals surface area contributed by atoms with Crippen LogP contribution < -0.4 is 16.2 Å². The number of amides is 3. The van der Waals surface area contributed by atoms with Crippen molar-refractivity contribution in [2.75, 3.05) is 6.54 Å². The second-order valence-corrected chi connectivity index (χ2v) is 11.4. The average Bonchev–Trinajstić information content (AvgIpc) is 3.09. The monoisotopic (exact) mass is 524 g/mol. The van der Waals surface area contributed by atoms with Crippen molar-refractivity contribution in [3.8, 4) is 6.07 Å². The van der Waals surface area contributed by atoms with Crippen LogP contribution >= 0.6 is 0 Å². The van der Waals surface area contributed by atoms with Gasteiger partial charge in [-0.15, -0.1) is 0 Å². The molecule has 1 aliphatic heterocycles. The zero-order valence-corrected chi connectivity index (χ0v) is 21.7. The van der Waals surface area contributed by atoms with Gasteiger partial charge in [0.15, 0.2) is 6.04 Å². The van der Waals surface area contributed by atoms with Gasteiger partial charge in [-0.25, -0.2) is 4.98 Å². The van der Waals surface area contributed by atoms with Gasteiger partial charge in [-0.2, -0.15) is 18.4 Å². The van der Waals surface area contributed by atoms with Crippen molar-refractivity contribution in [3.63, 3.8) is 0 Å². The molecule has 13 heteroatoms. The first-order valence-electron chi connectivity index (χ1n) is 11.7. The van der Waals surface area contributed by atoms with Crippen molar-refractivity contribution in [1.29, 1.82) is 5.26 Å². The van der Waals surface area contributed by atoms with Crippen LogP contribution in [0.15, 0.2) is 10.9 Å². The molecule has 10 nitrogen and oxygen atoms in total. The summed E-state index contributed by atoms with van der Waals surface area (Å²) in [6.07, 6.45) is -5.19. The number of piperidine rings is 1. The third-order valence-corrected chi connectivity index (χ3v) is 7.50. The molecule has 2 heterocycles. The van der Waals surface area contributed by atoms with Gasteiger partial charge in [-0.3, -0.25) is 19.2 Å². The average molecular weight is 525 g/mol. The molecule has 2 fully saturated rings. The Kier molecular flexibility index (Phi) is 6.96. The number of rotatable bonds is 5. The van der Waals surface area contributed by atoms with E-state index in [2.05, 4.69) is 10.3 Å². The Morgan fingerprint density at radius 2 is 1.81 bits per heavy atom. The summed E-state index contributed by atoms with van der Waals surface area (Å²) in [6, 6.07) is -0.889. The second-order valence-electron chi connectivity index (χ2n) is 11.4. The van der Waals surface area contributed by atoms with Gasteiger partial charge in [0.05, 0.1) is 11.8 Å². The molecule has 0 aromatic carbocycles. The van der Waals surface area contributed by atoms with Crippen LogP contribution in [0, 0.1) is 40.9 Å². The number of hydrogen-bond acceptors (Lipinski definition) is 6. The number of carbonyl (C=O) groups excluding carboxylic acids is 3. The molecule has 1 aromatic heterocycles. The highest BCUT2D eigenvalue weighted by molar-refractivity contribution is 5.95. The molecule has 5 atom stereocenters. The third kappa shape index (κ3) is 5.19. The first-order valence-corrected chi connectivity index (χ1v) is 11.7. The largest absolute Gasteiger partial charge is 0.471 e. The topological polar surface area (TPSA) is 137 Å². The number of fused-ring (bicyclic) bond motifs is 1. The number of carbonyl (C=O) groups is 3. The molecule has 0 spiro atoms. The second kappa shape index (κ2) is 9.15. The van der Waals surface area contributed by atoms with Crippen LogP contribution in [0.2, 0.25) is 0 Å². The molecular formula is C24H31F3N6O4. The summed E-state index contributed by atoms with van der Waals surface area (Å²) < 4.78 is 40.2. The summed E-state index contributed by atoms with van der Waals surface area (Å²) in [6.45, 7) is 10.1. The van der Waals surface area contributed by atoms with Crippen LogP contribution in [-0.4, -0.2) is 57.0 Å². The predicted octanol–water partition coefficient (Wildman–Crippen LogP) is 1.35. The Morgan fingerprint density at radius 3 is 2.30 bits per heavy atom. The number of likely N-dealkylation sites (tertiary alicyclic amines) is 1. The van der Waals surface area contributed by atoms with Gasteiger partial charge in [0, 0.05) is 19.7 Å². The third-order valence-electron chi connectivity index (χ3n) is 7.50. The summed E-state index contributed by atoms with van der Waals surface area (Å²) >= 11 is 0. The van der Waals surface area contributed by atoms with Crippen molar-refractivity contribution in [3.05, 3.63) is 27.9 Å². The Balaban J connectivity index is 1.91. The molecule has 1 saturated heterocycles. The lowest BCUT2D eigenvalue weighted by atomic mass is 9.85. The molecule has 1 aliphatic carbocycles. The van der Waals surface area contributed by atoms with E-state index in [0.29, 0.717) is 5.82 Å². The van der Waals surface area contributed by atoms with Gasteiger partial charge in [-0.1, -0.05) is 34.6 Å². The molecule has 2 aliphatic rings. The zero-order valence-electron chi connectivity index (χ0n) is 21.7. The number of hydrogen-bond donors (Lipinski definition) is 2. The Hall–Kier alpha value is -3.43. The molecule has 0 radical (unpaired) electrons. The van der Waals surface area contributed by atoms with Crippen molar-refractivity contribution < 1.29 is 27.6 Å². The lowest BCUT2D eigenvalue weighted by Crippen LogP contribution is -2.60. The van der Waals surface area contributed by atoms with E-state index in [1.165, 1.54) is 37.3 Å². The van der Waals surface area contributed by atoms with Crippen LogP contribution in [-0.2, 0) is 21.4 Å². The fraction of sp³-hybridized carbons (Fsp3) is 0.667. The van der Waals surface area contributed by atoms with E-state index in [9.17, 15) is 37.6 Å². The van der Waals surface area contributed by atoms with Gasteiger partial charge in [0.1, 0.15) is 17.9 Å². The molecule has 1 saturated carbocycles. The lowest BCUT2D eigenvalue weighted by molar-refractivity contribution is -0.176. The van der Waals surface area contributed by atoms with Gasteiger partial charge in [-0.05, 0) is 29.6 Å². The van der Waals surface area contributed by atoms with Gasteiger partial charge in [0.25, 0.3) is 5.56 Å². The SMILES string of the molecule is Cc1nc(C(C#N)NC(=O)[C@@H]2[C@@H]3[C@H](CN2C(=O)[C@@H](NC(=O)C(F)(F)F)C(C)(C)C)C3(C)C)cc(=O)n1C. The van der Waals surface area contributed by atoms with E-state index in [1.807, 2.05) is 19.9 Å². The molecule has 3 amide bonds. The maximum Gasteiger partial charge on any atom is 0.471 e. The maximum absolute atomic E-state index is 13.5. The first-order chi connectivity index (χ1) is 16.8. The van der Waals surface area contributed by atoms with E-state index in [1.54, 1.807) is 12.2 Å². The molecule has 2 N–H and O–H groups in total. The van der Waals surface area contributed by atoms with Gasteiger partial charge >= 0.3 is 12.1 Å². The molecular weight excluding hydrogens is 493 g/mol. The van der Waals surface area contributed by atoms with Crippen molar-refractivity contribution >= 4 is 17.7 Å². The van der Waals surface area contributed by atoms with Gasteiger partial charge < -0.3 is 20.1 Å². The molecule has 37 heavy (non-hydrogen) atoms. The summed E-state index contributed by atoms with van der Waals surface area (Å²) in [5.41, 5.74) is -1.80. The number of nitrogens with one attached hydrogen (secondary N) is 2. The number of nitriles is 1. The molecule has 3 rings (SSSR count). The predicted molar refractivity (Wildman–Crippen MR) is 124 cm³/mol. The molecule has 202 valence electrons. The Morgan fingerprint density at radius 1 is 1.22 bits per heavy atom.